The molecule has 1 aromatic heterocycles. The fourth-order valence-electron chi connectivity index (χ4n) is 2.88. The van der Waals surface area contributed by atoms with Gasteiger partial charge in [-0.3, -0.25) is 0 Å². The second kappa shape index (κ2) is 8.61. The number of aromatic nitrogens is 1. The number of benzene rings is 2. The lowest BCUT2D eigenvalue weighted by atomic mass is 10.1. The first-order valence-electron chi connectivity index (χ1n) is 8.59. The van der Waals surface area contributed by atoms with Gasteiger partial charge in [-0.15, -0.1) is 0 Å². The molecule has 0 bridgehead atoms. The first-order valence-corrected chi connectivity index (χ1v) is 10.4. The van der Waals surface area contributed by atoms with Gasteiger partial charge in [0.05, 0.1) is 4.90 Å². The highest BCUT2D eigenvalue weighted by atomic mass is 35.5. The molecule has 1 fully saturated rings. The van der Waals surface area contributed by atoms with Crippen LogP contribution < -0.4 is 0 Å². The molecule has 1 aliphatic heterocycles. The van der Waals surface area contributed by atoms with Crippen molar-refractivity contribution in [1.29, 1.82) is 0 Å². The van der Waals surface area contributed by atoms with Crippen LogP contribution in [0, 0.1) is 0 Å². The Labute approximate surface area is 163 Å². The Morgan fingerprint density at radius 3 is 2.26 bits per heavy atom. The van der Waals surface area contributed by atoms with Crippen LogP contribution in [-0.2, 0) is 10.1 Å². The molecule has 5 nitrogen and oxygen atoms in total. The van der Waals surface area contributed by atoms with Gasteiger partial charge in [0.1, 0.15) is 28.9 Å². The molecule has 2 heterocycles. The number of rotatable bonds is 2. The van der Waals surface area contributed by atoms with Gasteiger partial charge in [0.15, 0.2) is 0 Å². The first-order chi connectivity index (χ1) is 12.9. The highest BCUT2D eigenvalue weighted by Crippen LogP contribution is 2.18. The molecule has 0 atom stereocenters. The van der Waals surface area contributed by atoms with E-state index in [1.54, 1.807) is 24.4 Å². The Hall–Kier alpha value is -2.28. The minimum atomic E-state index is -4.34. The number of fused-ring (bicyclic) bond motifs is 1. The van der Waals surface area contributed by atoms with Crippen molar-refractivity contribution < 1.29 is 17.5 Å². The minimum absolute atomic E-state index is 0.184. The second-order valence-electron chi connectivity index (χ2n) is 6.16. The van der Waals surface area contributed by atoms with Gasteiger partial charge in [0, 0.05) is 19.0 Å². The van der Waals surface area contributed by atoms with Crippen LogP contribution >= 0.6 is 11.6 Å². The predicted molar refractivity (Wildman–Crippen MR) is 105 cm³/mol. The molecule has 4 rings (SSSR count). The van der Waals surface area contributed by atoms with Crippen molar-refractivity contribution in [1.82, 2.24) is 4.98 Å². The van der Waals surface area contributed by atoms with Crippen LogP contribution in [0.2, 0.25) is 0 Å². The predicted octanol–water partition coefficient (Wildman–Crippen LogP) is 3.62. The molecule has 1 saturated heterocycles. The molecule has 2 aromatic carbocycles. The Morgan fingerprint density at radius 1 is 0.963 bits per heavy atom. The summed E-state index contributed by atoms with van der Waals surface area (Å²) in [5.74, 6) is 0. The quantitative estimate of drug-likeness (QED) is 0.484. The molecule has 1 aliphatic rings. The summed E-state index contributed by atoms with van der Waals surface area (Å²) in [6.07, 6.45) is 4.25. The van der Waals surface area contributed by atoms with Crippen molar-refractivity contribution >= 4 is 37.7 Å². The summed E-state index contributed by atoms with van der Waals surface area (Å²) in [7, 11) is -4.34. The molecular formula is C20H19ClN2O3S. The van der Waals surface area contributed by atoms with E-state index in [1.807, 2.05) is 30.3 Å². The zero-order chi connectivity index (χ0) is 19.3. The monoisotopic (exact) mass is 402 g/mol. The number of nitrogens with zero attached hydrogens (tertiary/aromatic N) is 2. The molecule has 0 saturated carbocycles. The third kappa shape index (κ3) is 5.13. The lowest BCUT2D eigenvalue weighted by Gasteiger charge is -2.07. The van der Waals surface area contributed by atoms with Gasteiger partial charge >= 0.3 is 0 Å². The fourth-order valence-corrected chi connectivity index (χ4v) is 3.67. The van der Waals surface area contributed by atoms with Crippen LogP contribution in [0.25, 0.3) is 10.8 Å². The molecule has 7 heteroatoms. The van der Waals surface area contributed by atoms with Crippen molar-refractivity contribution in [2.24, 2.45) is 0 Å². The number of hydrogen-bond donors (Lipinski definition) is 0. The van der Waals surface area contributed by atoms with Gasteiger partial charge in [-0.05, 0) is 46.6 Å². The average Bonchev–Trinajstić information content (AvgIpc) is 3.22. The summed E-state index contributed by atoms with van der Waals surface area (Å²) in [5, 5.41) is 2.46. The third-order valence-electron chi connectivity index (χ3n) is 4.27. The number of pyridine rings is 1. The molecule has 0 amide bonds. The van der Waals surface area contributed by atoms with Crippen molar-refractivity contribution in [2.75, 3.05) is 13.1 Å². The van der Waals surface area contributed by atoms with Crippen molar-refractivity contribution in [3.05, 3.63) is 72.6 Å². The molecule has 0 radical (unpaired) electrons. The van der Waals surface area contributed by atoms with E-state index in [4.69, 9.17) is 11.6 Å². The van der Waals surface area contributed by atoms with E-state index < -0.39 is 10.1 Å². The van der Waals surface area contributed by atoms with E-state index in [1.165, 1.54) is 25.0 Å². The Kier molecular flexibility index (Phi) is 6.21. The summed E-state index contributed by atoms with van der Waals surface area (Å²) < 4.78 is 34.3. The highest BCUT2D eigenvalue weighted by Gasteiger charge is 2.19. The summed E-state index contributed by atoms with van der Waals surface area (Å²) in [4.78, 5) is 4.03. The normalized spacial score (nSPS) is 13.9. The maximum absolute atomic E-state index is 10.7. The van der Waals surface area contributed by atoms with Crippen LogP contribution in [0.1, 0.15) is 18.5 Å². The summed E-state index contributed by atoms with van der Waals surface area (Å²) >= 11 is 6.19. The average molecular weight is 403 g/mol. The number of halogens is 1. The van der Waals surface area contributed by atoms with Gasteiger partial charge in [-0.25, -0.2) is 18.0 Å². The number of hydrogen-bond acceptors (Lipinski definition) is 4. The zero-order valence-corrected chi connectivity index (χ0v) is 16.2. The maximum atomic E-state index is 10.7. The van der Waals surface area contributed by atoms with Crippen molar-refractivity contribution in [3.8, 4) is 0 Å². The van der Waals surface area contributed by atoms with E-state index >= 15 is 0 Å². The molecule has 140 valence electrons. The molecule has 0 spiro atoms. The van der Waals surface area contributed by atoms with E-state index in [9.17, 15) is 13.0 Å². The zero-order valence-electron chi connectivity index (χ0n) is 14.6. The van der Waals surface area contributed by atoms with Crippen LogP contribution in [0.5, 0.6) is 0 Å². The third-order valence-corrected chi connectivity index (χ3v) is 5.53. The lowest BCUT2D eigenvalue weighted by Crippen LogP contribution is -2.15. The van der Waals surface area contributed by atoms with Crippen molar-refractivity contribution in [3.63, 3.8) is 0 Å². The summed E-state index contributed by atoms with van der Waals surface area (Å²) in [6, 6.07) is 17.4. The van der Waals surface area contributed by atoms with Crippen LogP contribution in [0.15, 0.2) is 71.8 Å². The van der Waals surface area contributed by atoms with Gasteiger partial charge in [-0.1, -0.05) is 36.4 Å². The summed E-state index contributed by atoms with van der Waals surface area (Å²) in [5.41, 5.74) is 0.881. The lowest BCUT2D eigenvalue weighted by molar-refractivity contribution is -0.503. The standard InChI is InChI=1S/C10H12ClN2.C10H8O3S/c11-10(13-7-3-4-8-13)9-5-1-2-6-12-9;11-14(12,13)10-6-5-8-3-1-2-4-9(8)7-10/h1-2,5-6H,3-4,7-8H2;1-7H,(H,11,12,13)/q+1;/p-1. The van der Waals surface area contributed by atoms with Gasteiger partial charge in [0.25, 0.3) is 5.17 Å². The highest BCUT2D eigenvalue weighted by molar-refractivity contribution is 7.85. The SMILES string of the molecule is ClC(c1ccccn1)=[N+]1CCCC1.O=S(=O)([O-])c1ccc2ccccc2c1. The van der Waals surface area contributed by atoms with E-state index in [0.29, 0.717) is 0 Å². The molecule has 0 unspecified atom stereocenters. The van der Waals surface area contributed by atoms with Crippen molar-refractivity contribution in [2.45, 2.75) is 17.7 Å². The molecular weight excluding hydrogens is 384 g/mol. The van der Waals surface area contributed by atoms with E-state index in [-0.39, 0.29) is 4.90 Å². The van der Waals surface area contributed by atoms with Gasteiger partial charge in [0.2, 0.25) is 0 Å². The van der Waals surface area contributed by atoms with Crippen LogP contribution in [-0.4, -0.2) is 40.8 Å². The fraction of sp³-hybridized carbons (Fsp3) is 0.200. The topological polar surface area (TPSA) is 73.1 Å². The smallest absolute Gasteiger partial charge is 0.295 e. The Morgan fingerprint density at radius 2 is 1.63 bits per heavy atom. The molecule has 0 aliphatic carbocycles. The Bertz CT molecular complexity index is 1060. The second-order valence-corrected chi connectivity index (χ2v) is 7.90. The van der Waals surface area contributed by atoms with E-state index in [0.717, 1.165) is 34.7 Å². The maximum Gasteiger partial charge on any atom is 0.295 e. The van der Waals surface area contributed by atoms with Crippen LogP contribution in [0.4, 0.5) is 0 Å². The largest absolute Gasteiger partial charge is 0.744 e. The van der Waals surface area contributed by atoms with Gasteiger partial charge < -0.3 is 4.55 Å². The minimum Gasteiger partial charge on any atom is -0.744 e. The Balaban J connectivity index is 0.000000156. The van der Waals surface area contributed by atoms with Crippen LogP contribution in [0.3, 0.4) is 0 Å². The molecule has 27 heavy (non-hydrogen) atoms. The molecule has 3 aromatic rings. The first kappa shape index (κ1) is 19.5. The molecule has 0 N–H and O–H groups in total. The van der Waals surface area contributed by atoms with Gasteiger partial charge in [-0.2, -0.15) is 0 Å². The summed E-state index contributed by atoms with van der Waals surface area (Å²) in [6.45, 7) is 2.13. The van der Waals surface area contributed by atoms with E-state index in [2.05, 4.69) is 9.56 Å².